The average molecular weight is 333 g/mol. The molecular formula is C16H17BrN2O. The van der Waals surface area contributed by atoms with Crippen molar-refractivity contribution in [3.05, 3.63) is 58.3 Å². The van der Waals surface area contributed by atoms with Crippen LogP contribution in [0.3, 0.4) is 0 Å². The molecule has 2 aromatic rings. The summed E-state index contributed by atoms with van der Waals surface area (Å²) in [5.74, 6) is 0.913. The number of nitrogens with one attached hydrogen (secondary N) is 1. The molecule has 1 aliphatic carbocycles. The second kappa shape index (κ2) is 6.37. The molecule has 20 heavy (non-hydrogen) atoms. The molecule has 0 spiro atoms. The van der Waals surface area contributed by atoms with E-state index in [0.29, 0.717) is 12.6 Å². The fourth-order valence-corrected chi connectivity index (χ4v) is 2.24. The van der Waals surface area contributed by atoms with E-state index >= 15 is 0 Å². The highest BCUT2D eigenvalue weighted by Crippen LogP contribution is 2.22. The molecule has 1 aliphatic rings. The molecule has 0 bridgehead atoms. The number of halogens is 1. The van der Waals surface area contributed by atoms with Crippen molar-refractivity contribution in [3.8, 4) is 5.75 Å². The lowest BCUT2D eigenvalue weighted by atomic mass is 10.2. The first-order valence-electron chi connectivity index (χ1n) is 6.85. The first-order valence-corrected chi connectivity index (χ1v) is 7.64. The third-order valence-electron chi connectivity index (χ3n) is 3.32. The zero-order valence-electron chi connectivity index (χ0n) is 11.2. The Labute approximate surface area is 127 Å². The van der Waals surface area contributed by atoms with Crippen LogP contribution in [-0.2, 0) is 13.2 Å². The van der Waals surface area contributed by atoms with Crippen molar-refractivity contribution in [2.45, 2.75) is 32.0 Å². The summed E-state index contributed by atoms with van der Waals surface area (Å²) < 4.78 is 7.00. The van der Waals surface area contributed by atoms with E-state index in [-0.39, 0.29) is 0 Å². The zero-order chi connectivity index (χ0) is 13.8. The Kier molecular flexibility index (Phi) is 4.33. The van der Waals surface area contributed by atoms with Gasteiger partial charge >= 0.3 is 0 Å². The molecule has 0 unspecified atom stereocenters. The maximum absolute atomic E-state index is 5.92. The summed E-state index contributed by atoms with van der Waals surface area (Å²) in [6, 6.07) is 10.8. The summed E-state index contributed by atoms with van der Waals surface area (Å²) in [5, 5.41) is 3.49. The average Bonchev–Trinajstić information content (AvgIpc) is 3.30. The molecule has 1 N–H and O–H groups in total. The lowest BCUT2D eigenvalue weighted by Crippen LogP contribution is -2.16. The number of pyridine rings is 1. The van der Waals surface area contributed by atoms with Gasteiger partial charge in [-0.25, -0.2) is 0 Å². The summed E-state index contributed by atoms with van der Waals surface area (Å²) in [6.07, 6.45) is 6.23. The number of aromatic nitrogens is 1. The fraction of sp³-hybridized carbons (Fsp3) is 0.312. The van der Waals surface area contributed by atoms with E-state index in [1.807, 2.05) is 24.4 Å². The highest BCUT2D eigenvalue weighted by atomic mass is 79.9. The van der Waals surface area contributed by atoms with Gasteiger partial charge < -0.3 is 10.1 Å². The summed E-state index contributed by atoms with van der Waals surface area (Å²) >= 11 is 3.44. The maximum Gasteiger partial charge on any atom is 0.127 e. The molecule has 1 heterocycles. The smallest absolute Gasteiger partial charge is 0.127 e. The van der Waals surface area contributed by atoms with Gasteiger partial charge in [0, 0.05) is 35.0 Å². The van der Waals surface area contributed by atoms with E-state index in [9.17, 15) is 0 Å². The predicted octanol–water partition coefficient (Wildman–Crippen LogP) is 3.68. The van der Waals surface area contributed by atoms with E-state index in [4.69, 9.17) is 4.74 Å². The Morgan fingerprint density at radius 2 is 2.00 bits per heavy atom. The molecule has 1 saturated carbocycles. The van der Waals surface area contributed by atoms with Gasteiger partial charge in [-0.05, 0) is 36.6 Å². The highest BCUT2D eigenvalue weighted by molar-refractivity contribution is 9.10. The van der Waals surface area contributed by atoms with Gasteiger partial charge in [-0.1, -0.05) is 28.1 Å². The normalized spacial score (nSPS) is 14.2. The third kappa shape index (κ3) is 3.81. The molecule has 3 nitrogen and oxygen atoms in total. The van der Waals surface area contributed by atoms with Crippen molar-refractivity contribution >= 4 is 15.9 Å². The van der Waals surface area contributed by atoms with Gasteiger partial charge in [0.2, 0.25) is 0 Å². The van der Waals surface area contributed by atoms with Crippen LogP contribution in [0.4, 0.5) is 0 Å². The van der Waals surface area contributed by atoms with Crippen LogP contribution in [0.1, 0.15) is 24.0 Å². The van der Waals surface area contributed by atoms with Crippen molar-refractivity contribution in [3.63, 3.8) is 0 Å². The number of ether oxygens (including phenoxy) is 1. The van der Waals surface area contributed by atoms with E-state index < -0.39 is 0 Å². The van der Waals surface area contributed by atoms with E-state index in [1.165, 1.54) is 12.8 Å². The van der Waals surface area contributed by atoms with Crippen LogP contribution in [0.15, 0.2) is 47.2 Å². The number of hydrogen-bond donors (Lipinski definition) is 1. The van der Waals surface area contributed by atoms with Gasteiger partial charge in [-0.3, -0.25) is 4.98 Å². The highest BCUT2D eigenvalue weighted by Gasteiger charge is 2.20. The molecule has 0 aliphatic heterocycles. The van der Waals surface area contributed by atoms with Gasteiger partial charge in [0.1, 0.15) is 12.4 Å². The Morgan fingerprint density at radius 1 is 1.20 bits per heavy atom. The fourth-order valence-electron chi connectivity index (χ4n) is 1.97. The topological polar surface area (TPSA) is 34.1 Å². The number of benzene rings is 1. The zero-order valence-corrected chi connectivity index (χ0v) is 12.8. The first-order chi connectivity index (χ1) is 9.81. The predicted molar refractivity (Wildman–Crippen MR) is 82.6 cm³/mol. The van der Waals surface area contributed by atoms with E-state index in [2.05, 4.69) is 38.4 Å². The molecule has 0 radical (unpaired) electrons. The van der Waals surface area contributed by atoms with Gasteiger partial charge in [0.05, 0.1) is 0 Å². The summed E-state index contributed by atoms with van der Waals surface area (Å²) in [5.41, 5.74) is 2.28. The summed E-state index contributed by atoms with van der Waals surface area (Å²) in [4.78, 5) is 4.18. The quantitative estimate of drug-likeness (QED) is 0.876. The van der Waals surface area contributed by atoms with E-state index in [1.54, 1.807) is 6.20 Å². The number of hydrogen-bond acceptors (Lipinski definition) is 3. The van der Waals surface area contributed by atoms with Crippen LogP contribution in [0, 0.1) is 0 Å². The van der Waals surface area contributed by atoms with Crippen LogP contribution in [0.25, 0.3) is 0 Å². The Balaban J connectivity index is 1.62. The van der Waals surface area contributed by atoms with Crippen LogP contribution in [0.2, 0.25) is 0 Å². The van der Waals surface area contributed by atoms with Crippen molar-refractivity contribution in [2.24, 2.45) is 0 Å². The second-order valence-corrected chi connectivity index (χ2v) is 5.97. The molecule has 0 atom stereocenters. The van der Waals surface area contributed by atoms with Crippen molar-refractivity contribution in [1.82, 2.24) is 10.3 Å². The number of nitrogens with zero attached hydrogens (tertiary/aromatic N) is 1. The molecule has 3 rings (SSSR count). The Morgan fingerprint density at radius 3 is 2.75 bits per heavy atom. The minimum Gasteiger partial charge on any atom is -0.488 e. The molecule has 4 heteroatoms. The van der Waals surface area contributed by atoms with E-state index in [0.717, 1.165) is 27.9 Å². The van der Waals surface area contributed by atoms with Gasteiger partial charge in [-0.15, -0.1) is 0 Å². The molecule has 0 amide bonds. The third-order valence-corrected chi connectivity index (χ3v) is 3.85. The Hall–Kier alpha value is -1.39. The minimum absolute atomic E-state index is 0.577. The van der Waals surface area contributed by atoms with Gasteiger partial charge in [0.25, 0.3) is 0 Å². The minimum atomic E-state index is 0.577. The van der Waals surface area contributed by atoms with Gasteiger partial charge in [-0.2, -0.15) is 0 Å². The molecule has 1 fully saturated rings. The largest absolute Gasteiger partial charge is 0.488 e. The summed E-state index contributed by atoms with van der Waals surface area (Å²) in [7, 11) is 0. The molecular weight excluding hydrogens is 316 g/mol. The van der Waals surface area contributed by atoms with Crippen LogP contribution >= 0.6 is 15.9 Å². The van der Waals surface area contributed by atoms with Crippen molar-refractivity contribution in [1.29, 1.82) is 0 Å². The van der Waals surface area contributed by atoms with Crippen LogP contribution in [0.5, 0.6) is 5.75 Å². The molecule has 0 saturated heterocycles. The number of rotatable bonds is 6. The standard InChI is InChI=1S/C16H17BrN2O/c17-14-3-1-12(2-4-14)11-20-16-7-8-18-9-13(16)10-19-15-5-6-15/h1-4,7-9,15,19H,5-6,10-11H2. The van der Waals surface area contributed by atoms with Crippen LogP contribution in [-0.4, -0.2) is 11.0 Å². The first kappa shape index (κ1) is 13.6. The monoisotopic (exact) mass is 332 g/mol. The Bertz CT molecular complexity index is 567. The SMILES string of the molecule is Brc1ccc(COc2ccncc2CNC2CC2)cc1. The summed E-state index contributed by atoms with van der Waals surface area (Å²) in [6.45, 7) is 1.40. The van der Waals surface area contributed by atoms with Crippen molar-refractivity contribution in [2.75, 3.05) is 0 Å². The van der Waals surface area contributed by atoms with Gasteiger partial charge in [0.15, 0.2) is 0 Å². The van der Waals surface area contributed by atoms with Crippen LogP contribution < -0.4 is 10.1 Å². The molecule has 1 aromatic carbocycles. The molecule has 104 valence electrons. The lowest BCUT2D eigenvalue weighted by Gasteiger charge is -2.11. The van der Waals surface area contributed by atoms with Crippen molar-refractivity contribution < 1.29 is 4.74 Å². The molecule has 1 aromatic heterocycles. The lowest BCUT2D eigenvalue weighted by molar-refractivity contribution is 0.301. The maximum atomic E-state index is 5.92. The second-order valence-electron chi connectivity index (χ2n) is 5.05.